The lowest BCUT2D eigenvalue weighted by Gasteiger charge is -2.35. The van der Waals surface area contributed by atoms with Gasteiger partial charge in [0.15, 0.2) is 0 Å². The van der Waals surface area contributed by atoms with Crippen LogP contribution in [0.3, 0.4) is 0 Å². The Morgan fingerprint density at radius 1 is 1.36 bits per heavy atom. The summed E-state index contributed by atoms with van der Waals surface area (Å²) in [6, 6.07) is 0.493. The molecule has 3 unspecified atom stereocenters. The van der Waals surface area contributed by atoms with Gasteiger partial charge in [0.25, 0.3) is 0 Å². The van der Waals surface area contributed by atoms with E-state index in [4.69, 9.17) is 5.11 Å². The van der Waals surface area contributed by atoms with Crippen molar-refractivity contribution in [2.45, 2.75) is 12.5 Å². The minimum atomic E-state index is -0.625. The highest BCUT2D eigenvalue weighted by atomic mass is 16.4. The van der Waals surface area contributed by atoms with Crippen LogP contribution in [-0.2, 0) is 4.79 Å². The molecule has 80 valence electrons. The van der Waals surface area contributed by atoms with Crippen LogP contribution >= 0.6 is 0 Å². The zero-order valence-corrected chi connectivity index (χ0v) is 8.81. The number of aliphatic carboxylic acids is 1. The monoisotopic (exact) mass is 198 g/mol. The fraction of sp³-hybridized carbons (Fsp3) is 0.900. The Bertz CT molecular complexity index is 244. The first kappa shape index (κ1) is 9.93. The maximum absolute atomic E-state index is 11.1. The molecule has 2 aliphatic heterocycles. The van der Waals surface area contributed by atoms with E-state index in [1.807, 2.05) is 7.05 Å². The van der Waals surface area contributed by atoms with E-state index in [2.05, 4.69) is 16.8 Å². The maximum atomic E-state index is 11.1. The van der Waals surface area contributed by atoms with Crippen molar-refractivity contribution in [2.75, 3.05) is 33.7 Å². The minimum Gasteiger partial charge on any atom is -0.481 e. The summed E-state index contributed by atoms with van der Waals surface area (Å²) in [5, 5.41) is 9.11. The van der Waals surface area contributed by atoms with Crippen molar-refractivity contribution in [3.05, 3.63) is 0 Å². The lowest BCUT2D eigenvalue weighted by atomic mass is 9.86. The van der Waals surface area contributed by atoms with Gasteiger partial charge in [-0.25, -0.2) is 0 Å². The van der Waals surface area contributed by atoms with Crippen LogP contribution in [0, 0.1) is 11.8 Å². The molecule has 0 aliphatic carbocycles. The summed E-state index contributed by atoms with van der Waals surface area (Å²) in [6.45, 7) is 2.75. The molecule has 0 aromatic rings. The Kier molecular flexibility index (Phi) is 2.49. The molecule has 4 heteroatoms. The third kappa shape index (κ3) is 1.53. The standard InChI is InChI=1S/C10H18N2O2/c1-11-4-3-9-7(5-11)8(10(13)14)6-12(9)2/h7-9H,3-6H2,1-2H3,(H,13,14). The summed E-state index contributed by atoms with van der Waals surface area (Å²) in [4.78, 5) is 15.5. The Morgan fingerprint density at radius 3 is 2.71 bits per heavy atom. The van der Waals surface area contributed by atoms with E-state index < -0.39 is 5.97 Å². The van der Waals surface area contributed by atoms with E-state index in [0.29, 0.717) is 12.0 Å². The fourth-order valence-corrected chi connectivity index (χ4v) is 2.92. The van der Waals surface area contributed by atoms with Gasteiger partial charge in [0.05, 0.1) is 5.92 Å². The van der Waals surface area contributed by atoms with Crippen molar-refractivity contribution in [1.82, 2.24) is 9.80 Å². The van der Waals surface area contributed by atoms with Gasteiger partial charge in [-0.3, -0.25) is 4.79 Å². The summed E-state index contributed by atoms with van der Waals surface area (Å²) in [6.07, 6.45) is 1.11. The molecule has 0 bridgehead atoms. The van der Waals surface area contributed by atoms with Gasteiger partial charge in [-0.2, -0.15) is 0 Å². The number of hydrogen-bond donors (Lipinski definition) is 1. The topological polar surface area (TPSA) is 43.8 Å². The molecule has 2 heterocycles. The predicted octanol–water partition coefficient (Wildman–Crippen LogP) is -0.0471. The first-order chi connectivity index (χ1) is 6.59. The third-order valence-electron chi connectivity index (χ3n) is 3.71. The molecule has 2 aliphatic rings. The van der Waals surface area contributed by atoms with E-state index in [0.717, 1.165) is 26.1 Å². The van der Waals surface area contributed by atoms with E-state index in [1.54, 1.807) is 0 Å². The maximum Gasteiger partial charge on any atom is 0.308 e. The predicted molar refractivity (Wildman–Crippen MR) is 53.1 cm³/mol. The van der Waals surface area contributed by atoms with Gasteiger partial charge in [-0.05, 0) is 27.1 Å². The fourth-order valence-electron chi connectivity index (χ4n) is 2.92. The normalized spacial score (nSPS) is 39.7. The first-order valence-electron chi connectivity index (χ1n) is 5.21. The van der Waals surface area contributed by atoms with Gasteiger partial charge in [0, 0.05) is 25.0 Å². The van der Waals surface area contributed by atoms with E-state index in [1.165, 1.54) is 0 Å². The van der Waals surface area contributed by atoms with Crippen molar-refractivity contribution in [3.8, 4) is 0 Å². The highest BCUT2D eigenvalue weighted by molar-refractivity contribution is 5.71. The largest absolute Gasteiger partial charge is 0.481 e. The average molecular weight is 198 g/mol. The zero-order chi connectivity index (χ0) is 10.3. The number of hydrogen-bond acceptors (Lipinski definition) is 3. The number of rotatable bonds is 1. The summed E-state index contributed by atoms with van der Waals surface area (Å²) < 4.78 is 0. The molecule has 0 aromatic heterocycles. The average Bonchev–Trinajstić information content (AvgIpc) is 2.43. The molecular formula is C10H18N2O2. The highest BCUT2D eigenvalue weighted by Gasteiger charge is 2.45. The second-order valence-corrected chi connectivity index (χ2v) is 4.67. The van der Waals surface area contributed by atoms with Crippen molar-refractivity contribution >= 4 is 5.97 Å². The number of nitrogens with zero attached hydrogens (tertiary/aromatic N) is 2. The van der Waals surface area contributed by atoms with Crippen molar-refractivity contribution in [2.24, 2.45) is 11.8 Å². The van der Waals surface area contributed by atoms with Crippen LogP contribution < -0.4 is 0 Å². The molecule has 14 heavy (non-hydrogen) atoms. The molecule has 1 N–H and O–H groups in total. The van der Waals surface area contributed by atoms with E-state index in [9.17, 15) is 4.79 Å². The van der Waals surface area contributed by atoms with Crippen LogP contribution in [0.15, 0.2) is 0 Å². The van der Waals surface area contributed by atoms with Gasteiger partial charge >= 0.3 is 5.97 Å². The van der Waals surface area contributed by atoms with Crippen LogP contribution in [0.1, 0.15) is 6.42 Å². The Hall–Kier alpha value is -0.610. The summed E-state index contributed by atoms with van der Waals surface area (Å²) in [5.41, 5.74) is 0. The molecule has 0 aromatic carbocycles. The molecular weight excluding hydrogens is 180 g/mol. The number of carboxylic acid groups (broad SMARTS) is 1. The molecule has 0 radical (unpaired) electrons. The Balaban J connectivity index is 2.13. The van der Waals surface area contributed by atoms with Gasteiger partial charge in [-0.1, -0.05) is 0 Å². The Labute approximate surface area is 84.5 Å². The number of carbonyl (C=O) groups is 1. The summed E-state index contributed by atoms with van der Waals surface area (Å²) in [5.74, 6) is -0.455. The van der Waals surface area contributed by atoms with Crippen LogP contribution in [-0.4, -0.2) is 60.6 Å². The number of fused-ring (bicyclic) bond motifs is 1. The van der Waals surface area contributed by atoms with E-state index >= 15 is 0 Å². The lowest BCUT2D eigenvalue weighted by molar-refractivity contribution is -0.143. The van der Waals surface area contributed by atoms with Crippen molar-refractivity contribution in [1.29, 1.82) is 0 Å². The van der Waals surface area contributed by atoms with Crippen LogP contribution in [0.4, 0.5) is 0 Å². The van der Waals surface area contributed by atoms with E-state index in [-0.39, 0.29) is 5.92 Å². The molecule has 0 saturated carbocycles. The quantitative estimate of drug-likeness (QED) is 0.641. The molecule has 0 amide bonds. The second-order valence-electron chi connectivity index (χ2n) is 4.67. The number of piperidine rings is 1. The van der Waals surface area contributed by atoms with Gasteiger partial charge < -0.3 is 14.9 Å². The van der Waals surface area contributed by atoms with Gasteiger partial charge in [-0.15, -0.1) is 0 Å². The van der Waals surface area contributed by atoms with Gasteiger partial charge in [0.1, 0.15) is 0 Å². The van der Waals surface area contributed by atoms with Crippen LogP contribution in [0.5, 0.6) is 0 Å². The number of carboxylic acids is 1. The molecule has 2 rings (SSSR count). The SMILES string of the molecule is CN1CCC2C(C1)C(C(=O)O)CN2C. The lowest BCUT2D eigenvalue weighted by Crippen LogP contribution is -2.44. The third-order valence-corrected chi connectivity index (χ3v) is 3.71. The smallest absolute Gasteiger partial charge is 0.308 e. The summed E-state index contributed by atoms with van der Waals surface area (Å²) >= 11 is 0. The van der Waals surface area contributed by atoms with Crippen molar-refractivity contribution in [3.63, 3.8) is 0 Å². The molecule has 0 spiro atoms. The number of likely N-dealkylation sites (tertiary alicyclic amines) is 2. The van der Waals surface area contributed by atoms with Gasteiger partial charge in [0.2, 0.25) is 0 Å². The minimum absolute atomic E-state index is 0.159. The van der Waals surface area contributed by atoms with Crippen molar-refractivity contribution < 1.29 is 9.90 Å². The molecule has 4 nitrogen and oxygen atoms in total. The van der Waals surface area contributed by atoms with Crippen LogP contribution in [0.2, 0.25) is 0 Å². The molecule has 3 atom stereocenters. The summed E-state index contributed by atoms with van der Waals surface area (Å²) in [7, 11) is 4.12. The second kappa shape index (κ2) is 3.51. The highest BCUT2D eigenvalue weighted by Crippen LogP contribution is 2.34. The zero-order valence-electron chi connectivity index (χ0n) is 8.81. The van der Waals surface area contributed by atoms with Crippen LogP contribution in [0.25, 0.3) is 0 Å². The molecule has 2 saturated heterocycles. The Morgan fingerprint density at radius 2 is 2.07 bits per heavy atom. The first-order valence-corrected chi connectivity index (χ1v) is 5.21. The molecule has 2 fully saturated rings.